The van der Waals surface area contributed by atoms with Gasteiger partial charge in [-0.1, -0.05) is 0 Å². The number of hydrogen-bond donors (Lipinski definition) is 4. The minimum absolute atomic E-state index is 0.119. The van der Waals surface area contributed by atoms with Crippen molar-refractivity contribution in [2.75, 3.05) is 49.5 Å². The van der Waals surface area contributed by atoms with Gasteiger partial charge in [-0.05, 0) is 48.5 Å². The van der Waals surface area contributed by atoms with E-state index in [4.69, 9.17) is 9.47 Å². The van der Waals surface area contributed by atoms with Crippen LogP contribution >= 0.6 is 12.1 Å². The maximum Gasteiger partial charge on any atom is 0.250 e. The molecule has 1 aliphatic heterocycles. The average molecular weight is 507 g/mol. The van der Waals surface area contributed by atoms with Crippen LogP contribution in [0.4, 0.5) is 19.7 Å². The molecule has 13 heteroatoms. The first-order valence-electron chi connectivity index (χ1n) is 10.5. The number of nitrogens with zero attached hydrogens (tertiary/aromatic N) is 2. The number of rotatable bonds is 13. The van der Waals surface area contributed by atoms with Crippen molar-refractivity contribution in [3.8, 4) is 0 Å². The van der Waals surface area contributed by atoms with Crippen LogP contribution in [-0.2, 0) is 19.1 Å². The van der Waals surface area contributed by atoms with Crippen LogP contribution < -0.4 is 21.5 Å². The van der Waals surface area contributed by atoms with Gasteiger partial charge in [0.25, 0.3) is 0 Å². The Balaban J connectivity index is 1.48. The third-order valence-corrected chi connectivity index (χ3v) is 4.74. The first kappa shape index (κ1) is 26.1. The molecule has 0 aromatic heterocycles. The predicted molar refractivity (Wildman–Crippen MR) is 131 cm³/mol. The normalized spacial score (nSPS) is 12.6. The summed E-state index contributed by atoms with van der Waals surface area (Å²) in [4.78, 5) is 23.5. The van der Waals surface area contributed by atoms with Crippen LogP contribution in [0.15, 0.2) is 58.7 Å². The summed E-state index contributed by atoms with van der Waals surface area (Å²) in [5.41, 5.74) is 8.37. The van der Waals surface area contributed by atoms with Gasteiger partial charge in [0, 0.05) is 40.4 Å². The van der Waals surface area contributed by atoms with Crippen LogP contribution in [0.5, 0.6) is 0 Å². The van der Waals surface area contributed by atoms with Crippen LogP contribution in [0.2, 0.25) is 0 Å². The molecule has 0 bridgehead atoms. The molecule has 2 aromatic rings. The summed E-state index contributed by atoms with van der Waals surface area (Å²) in [6, 6.07) is 13.9. The summed E-state index contributed by atoms with van der Waals surface area (Å²) < 4.78 is 33.9. The zero-order valence-corrected chi connectivity index (χ0v) is 19.4. The fourth-order valence-corrected chi connectivity index (χ4v) is 3.00. The molecular weight excluding hydrogens is 482 g/mol. The van der Waals surface area contributed by atoms with Crippen molar-refractivity contribution in [1.82, 2.24) is 10.9 Å². The Morgan fingerprint density at radius 1 is 0.800 bits per heavy atom. The smallest absolute Gasteiger partial charge is 0.250 e. The first-order chi connectivity index (χ1) is 17.1. The average Bonchev–Trinajstić information content (AvgIpc) is 2.88. The molecule has 0 saturated heterocycles. The molecule has 0 spiro atoms. The Morgan fingerprint density at radius 2 is 1.26 bits per heavy atom. The van der Waals surface area contributed by atoms with Crippen molar-refractivity contribution >= 4 is 47.0 Å². The second-order valence-electron chi connectivity index (χ2n) is 7.00. The van der Waals surface area contributed by atoms with E-state index in [1.54, 1.807) is 48.5 Å². The molecule has 0 radical (unpaired) electrons. The molecule has 1 aliphatic rings. The summed E-state index contributed by atoms with van der Waals surface area (Å²) in [6.07, 6.45) is 0. The Bertz CT molecular complexity index is 1050. The number of amidine groups is 2. The lowest BCUT2D eigenvalue weighted by Gasteiger charge is -2.16. The van der Waals surface area contributed by atoms with Crippen molar-refractivity contribution in [3.63, 3.8) is 0 Å². The molecule has 0 saturated carbocycles. The molecule has 0 unspecified atom stereocenters. The second kappa shape index (κ2) is 14.0. The quantitative estimate of drug-likeness (QED) is 0.308. The van der Waals surface area contributed by atoms with Crippen LogP contribution in [0, 0.1) is 0 Å². The number of carbonyl (C=O) groups is 2. The minimum Gasteiger partial charge on any atom is -0.371 e. The molecule has 0 fully saturated rings. The zero-order chi connectivity index (χ0) is 24.9. The molecule has 35 heavy (non-hydrogen) atoms. The topological polar surface area (TPSA) is 125 Å². The van der Waals surface area contributed by atoms with Crippen molar-refractivity contribution in [3.05, 3.63) is 59.7 Å². The summed E-state index contributed by atoms with van der Waals surface area (Å²) >= 11 is 0.162. The van der Waals surface area contributed by atoms with Gasteiger partial charge in [0.2, 0.25) is 11.8 Å². The summed E-state index contributed by atoms with van der Waals surface area (Å²) in [6.45, 7) is -0.970. The van der Waals surface area contributed by atoms with E-state index in [9.17, 15) is 17.9 Å². The number of nitrogens with one attached hydrogen (secondary N) is 4. The summed E-state index contributed by atoms with van der Waals surface area (Å²) in [7, 11) is 0. The van der Waals surface area contributed by atoms with Gasteiger partial charge < -0.3 is 20.1 Å². The number of carbonyl (C=O) groups excluding carboxylic acids is 2. The molecule has 0 aliphatic carbocycles. The van der Waals surface area contributed by atoms with Gasteiger partial charge in [-0.2, -0.15) is 14.1 Å². The molecule has 186 valence electrons. The molecule has 3 rings (SSSR count). The highest BCUT2D eigenvalue weighted by Gasteiger charge is 2.12. The zero-order valence-electron chi connectivity index (χ0n) is 18.6. The SMILES string of the molecule is O=C(COCCF)Nc1ccc(C2=NNC(c3ccc(NC(=O)COCCSF)cc3)=NN2)cc1. The van der Waals surface area contributed by atoms with Gasteiger partial charge in [-0.25, -0.2) is 4.39 Å². The Labute approximate surface area is 204 Å². The highest BCUT2D eigenvalue weighted by atomic mass is 32.2. The van der Waals surface area contributed by atoms with Gasteiger partial charge in [0.05, 0.1) is 13.2 Å². The number of halogens is 2. The van der Waals surface area contributed by atoms with E-state index in [2.05, 4.69) is 31.7 Å². The lowest BCUT2D eigenvalue weighted by molar-refractivity contribution is -0.121. The summed E-state index contributed by atoms with van der Waals surface area (Å²) in [5, 5.41) is 13.9. The largest absolute Gasteiger partial charge is 0.371 e. The van der Waals surface area contributed by atoms with Gasteiger partial charge in [-0.15, -0.1) is 0 Å². The van der Waals surface area contributed by atoms with E-state index in [1.807, 2.05) is 0 Å². The van der Waals surface area contributed by atoms with Crippen molar-refractivity contribution in [1.29, 1.82) is 0 Å². The molecule has 4 N–H and O–H groups in total. The highest BCUT2D eigenvalue weighted by Crippen LogP contribution is 2.13. The maximum absolute atomic E-state index is 12.0. The van der Waals surface area contributed by atoms with Crippen molar-refractivity contribution in [2.24, 2.45) is 10.2 Å². The number of alkyl halides is 1. The number of hydrogen-bond acceptors (Lipinski definition) is 9. The van der Waals surface area contributed by atoms with E-state index in [-0.39, 0.29) is 56.1 Å². The Morgan fingerprint density at radius 3 is 1.66 bits per heavy atom. The third-order valence-electron chi connectivity index (χ3n) is 4.42. The van der Waals surface area contributed by atoms with Gasteiger partial charge in [0.15, 0.2) is 11.7 Å². The van der Waals surface area contributed by atoms with Crippen LogP contribution in [0.1, 0.15) is 11.1 Å². The lowest BCUT2D eigenvalue weighted by Crippen LogP contribution is -2.34. The molecule has 2 amide bonds. The van der Waals surface area contributed by atoms with E-state index in [0.717, 1.165) is 11.1 Å². The van der Waals surface area contributed by atoms with Crippen LogP contribution in [0.25, 0.3) is 0 Å². The minimum atomic E-state index is -0.640. The van der Waals surface area contributed by atoms with Crippen LogP contribution in [-0.4, -0.2) is 62.3 Å². The van der Waals surface area contributed by atoms with Gasteiger partial charge in [0.1, 0.15) is 19.9 Å². The third kappa shape index (κ3) is 8.63. The molecule has 1 heterocycles. The summed E-state index contributed by atoms with van der Waals surface area (Å²) in [5.74, 6) is 0.435. The molecule has 2 aromatic carbocycles. The van der Waals surface area contributed by atoms with Gasteiger partial charge >= 0.3 is 0 Å². The molecule has 10 nitrogen and oxygen atoms in total. The number of benzene rings is 2. The van der Waals surface area contributed by atoms with E-state index >= 15 is 0 Å². The van der Waals surface area contributed by atoms with E-state index < -0.39 is 6.67 Å². The molecular formula is C22H24F2N6O4S. The second-order valence-corrected chi connectivity index (χ2v) is 7.63. The fraction of sp³-hybridized carbons (Fsp3) is 0.273. The Kier molecular flexibility index (Phi) is 10.4. The predicted octanol–water partition coefficient (Wildman–Crippen LogP) is 2.40. The van der Waals surface area contributed by atoms with Gasteiger partial charge in [-0.3, -0.25) is 20.4 Å². The number of amides is 2. The van der Waals surface area contributed by atoms with E-state index in [1.165, 1.54) is 0 Å². The van der Waals surface area contributed by atoms with Crippen molar-refractivity contribution in [2.45, 2.75) is 0 Å². The van der Waals surface area contributed by atoms with E-state index in [0.29, 0.717) is 23.0 Å². The first-order valence-corrected chi connectivity index (χ1v) is 11.4. The van der Waals surface area contributed by atoms with Crippen molar-refractivity contribution < 1.29 is 27.3 Å². The van der Waals surface area contributed by atoms with Crippen LogP contribution in [0.3, 0.4) is 0 Å². The highest BCUT2D eigenvalue weighted by molar-refractivity contribution is 7.94. The lowest BCUT2D eigenvalue weighted by atomic mass is 10.1. The number of anilines is 2. The fourth-order valence-electron chi connectivity index (χ4n) is 2.82. The molecule has 0 atom stereocenters. The monoisotopic (exact) mass is 506 g/mol. The number of hydrazone groups is 2. The Hall–Kier alpha value is -3.55. The maximum atomic E-state index is 12.0. The number of ether oxygens (including phenoxy) is 2. The standard InChI is InChI=1S/C22H24F2N6O4S/c23-9-10-33-13-19(31)25-17-5-1-15(2-6-17)21-27-29-22(30-28-21)16-3-7-18(8-4-16)26-20(32)14-34-11-12-35-24/h1-8H,9-14H2,(H,25,31)(H,26,32)(H,27,28)(H,29,30).